The molecule has 1 rings (SSSR count). The average molecular weight is 333 g/mol. The quantitative estimate of drug-likeness (QED) is 0.642. The molecule has 16 heavy (non-hydrogen) atoms. The standard InChI is InChI=1S/C12H16INO2/c1-2-16-9-3-8-14-12(15)10-4-6-11(13)7-5-10/h4-7H,2-3,8-9H2,1H3,(H,14,15). The Morgan fingerprint density at radius 3 is 2.69 bits per heavy atom. The van der Waals surface area contributed by atoms with Crippen LogP contribution in [0.4, 0.5) is 0 Å². The molecule has 0 saturated carbocycles. The fraction of sp³-hybridized carbons (Fsp3) is 0.417. The summed E-state index contributed by atoms with van der Waals surface area (Å²) in [6, 6.07) is 7.52. The van der Waals surface area contributed by atoms with Gasteiger partial charge in [-0.1, -0.05) is 0 Å². The van der Waals surface area contributed by atoms with Crippen molar-refractivity contribution >= 4 is 28.5 Å². The molecule has 3 nitrogen and oxygen atoms in total. The monoisotopic (exact) mass is 333 g/mol. The lowest BCUT2D eigenvalue weighted by atomic mass is 10.2. The Morgan fingerprint density at radius 1 is 1.38 bits per heavy atom. The van der Waals surface area contributed by atoms with Gasteiger partial charge in [-0.3, -0.25) is 4.79 Å². The zero-order chi connectivity index (χ0) is 11.8. The maximum atomic E-state index is 11.6. The molecule has 0 saturated heterocycles. The second-order valence-corrected chi connectivity index (χ2v) is 4.56. The van der Waals surface area contributed by atoms with E-state index in [1.54, 1.807) is 0 Å². The Morgan fingerprint density at radius 2 is 2.06 bits per heavy atom. The van der Waals surface area contributed by atoms with Gasteiger partial charge in [-0.25, -0.2) is 0 Å². The average Bonchev–Trinajstić information content (AvgIpc) is 2.29. The molecule has 1 aromatic rings. The Bertz CT molecular complexity index is 324. The third-order valence-corrected chi connectivity index (χ3v) is 2.78. The van der Waals surface area contributed by atoms with Crippen molar-refractivity contribution in [3.8, 4) is 0 Å². The van der Waals surface area contributed by atoms with E-state index in [0.717, 1.165) is 16.6 Å². The Balaban J connectivity index is 2.27. The lowest BCUT2D eigenvalue weighted by Gasteiger charge is -2.05. The highest BCUT2D eigenvalue weighted by molar-refractivity contribution is 14.1. The van der Waals surface area contributed by atoms with Crippen molar-refractivity contribution in [1.82, 2.24) is 5.32 Å². The molecule has 0 heterocycles. The number of hydrogen-bond donors (Lipinski definition) is 1. The van der Waals surface area contributed by atoms with E-state index in [-0.39, 0.29) is 5.91 Å². The van der Waals surface area contributed by atoms with Gasteiger partial charge in [-0.05, 0) is 60.2 Å². The summed E-state index contributed by atoms with van der Waals surface area (Å²) in [6.07, 6.45) is 0.851. The van der Waals surface area contributed by atoms with Crippen molar-refractivity contribution in [3.63, 3.8) is 0 Å². The normalized spacial score (nSPS) is 10.1. The van der Waals surface area contributed by atoms with Crippen molar-refractivity contribution in [1.29, 1.82) is 0 Å². The number of rotatable bonds is 6. The second kappa shape index (κ2) is 7.62. The van der Waals surface area contributed by atoms with Crippen LogP contribution in [-0.4, -0.2) is 25.7 Å². The largest absolute Gasteiger partial charge is 0.382 e. The van der Waals surface area contributed by atoms with Crippen LogP contribution in [0, 0.1) is 3.57 Å². The van der Waals surface area contributed by atoms with Gasteiger partial charge in [0.05, 0.1) is 0 Å². The summed E-state index contributed by atoms with van der Waals surface area (Å²) >= 11 is 2.22. The molecule has 1 N–H and O–H groups in total. The van der Waals surface area contributed by atoms with Crippen LogP contribution >= 0.6 is 22.6 Å². The van der Waals surface area contributed by atoms with Gasteiger partial charge in [0.25, 0.3) is 5.91 Å². The van der Waals surface area contributed by atoms with Gasteiger partial charge in [0.15, 0.2) is 0 Å². The number of hydrogen-bond acceptors (Lipinski definition) is 2. The summed E-state index contributed by atoms with van der Waals surface area (Å²) in [5.41, 5.74) is 0.705. The van der Waals surface area contributed by atoms with Crippen molar-refractivity contribution < 1.29 is 9.53 Å². The molecule has 0 aliphatic carbocycles. The Labute approximate surface area is 110 Å². The molecule has 0 radical (unpaired) electrons. The van der Waals surface area contributed by atoms with E-state index in [1.807, 2.05) is 31.2 Å². The molecular weight excluding hydrogens is 317 g/mol. The van der Waals surface area contributed by atoms with E-state index in [1.165, 1.54) is 0 Å². The van der Waals surface area contributed by atoms with Crippen LogP contribution in [0.3, 0.4) is 0 Å². The molecule has 88 valence electrons. The van der Waals surface area contributed by atoms with E-state index in [0.29, 0.717) is 18.7 Å². The van der Waals surface area contributed by atoms with E-state index >= 15 is 0 Å². The van der Waals surface area contributed by atoms with Gasteiger partial charge >= 0.3 is 0 Å². The van der Waals surface area contributed by atoms with Gasteiger partial charge in [0, 0.05) is 28.9 Å². The van der Waals surface area contributed by atoms with Gasteiger partial charge < -0.3 is 10.1 Å². The van der Waals surface area contributed by atoms with Crippen molar-refractivity contribution in [2.24, 2.45) is 0 Å². The number of nitrogens with one attached hydrogen (secondary N) is 1. The minimum Gasteiger partial charge on any atom is -0.382 e. The molecule has 0 bridgehead atoms. The van der Waals surface area contributed by atoms with Crippen LogP contribution in [0.25, 0.3) is 0 Å². The predicted molar refractivity (Wildman–Crippen MR) is 72.6 cm³/mol. The summed E-state index contributed by atoms with van der Waals surface area (Å²) in [7, 11) is 0. The van der Waals surface area contributed by atoms with Crippen LogP contribution in [0.15, 0.2) is 24.3 Å². The zero-order valence-electron chi connectivity index (χ0n) is 9.33. The maximum absolute atomic E-state index is 11.6. The second-order valence-electron chi connectivity index (χ2n) is 3.31. The highest BCUT2D eigenvalue weighted by atomic mass is 127. The van der Waals surface area contributed by atoms with Crippen LogP contribution in [0.1, 0.15) is 23.7 Å². The number of ether oxygens (including phenoxy) is 1. The van der Waals surface area contributed by atoms with Crippen LogP contribution in [-0.2, 0) is 4.74 Å². The molecule has 0 aliphatic rings. The number of carbonyl (C=O) groups is 1. The lowest BCUT2D eigenvalue weighted by Crippen LogP contribution is -2.25. The van der Waals surface area contributed by atoms with Crippen LogP contribution < -0.4 is 5.32 Å². The molecular formula is C12H16INO2. The minimum atomic E-state index is -0.0205. The van der Waals surface area contributed by atoms with Crippen molar-refractivity contribution in [2.75, 3.05) is 19.8 Å². The van der Waals surface area contributed by atoms with Gasteiger partial charge in [0.2, 0.25) is 0 Å². The third-order valence-electron chi connectivity index (χ3n) is 2.06. The maximum Gasteiger partial charge on any atom is 0.251 e. The molecule has 0 spiro atoms. The van der Waals surface area contributed by atoms with Crippen LogP contribution in [0.5, 0.6) is 0 Å². The first kappa shape index (κ1) is 13.4. The fourth-order valence-electron chi connectivity index (χ4n) is 1.22. The smallest absolute Gasteiger partial charge is 0.251 e. The molecule has 1 amide bonds. The summed E-state index contributed by atoms with van der Waals surface area (Å²) in [5, 5.41) is 2.86. The summed E-state index contributed by atoms with van der Waals surface area (Å²) < 4.78 is 6.31. The van der Waals surface area contributed by atoms with Crippen molar-refractivity contribution in [3.05, 3.63) is 33.4 Å². The van der Waals surface area contributed by atoms with Gasteiger partial charge in [-0.2, -0.15) is 0 Å². The van der Waals surface area contributed by atoms with Gasteiger partial charge in [-0.15, -0.1) is 0 Å². The summed E-state index contributed by atoms with van der Waals surface area (Å²) in [5.74, 6) is -0.0205. The SMILES string of the molecule is CCOCCCNC(=O)c1ccc(I)cc1. The van der Waals surface area contributed by atoms with E-state index in [2.05, 4.69) is 27.9 Å². The predicted octanol–water partition coefficient (Wildman–Crippen LogP) is 2.45. The minimum absolute atomic E-state index is 0.0205. The molecule has 1 aromatic carbocycles. The number of carbonyl (C=O) groups excluding carboxylic acids is 1. The number of benzene rings is 1. The highest BCUT2D eigenvalue weighted by Crippen LogP contribution is 2.06. The van der Waals surface area contributed by atoms with E-state index in [9.17, 15) is 4.79 Å². The van der Waals surface area contributed by atoms with E-state index in [4.69, 9.17) is 4.74 Å². The Kier molecular flexibility index (Phi) is 6.40. The first-order valence-electron chi connectivity index (χ1n) is 5.35. The molecule has 0 fully saturated rings. The first-order valence-corrected chi connectivity index (χ1v) is 6.43. The first-order chi connectivity index (χ1) is 7.74. The summed E-state index contributed by atoms with van der Waals surface area (Å²) in [6.45, 7) is 4.05. The number of halogens is 1. The molecule has 4 heteroatoms. The molecule has 0 atom stereocenters. The third kappa shape index (κ3) is 4.94. The number of amides is 1. The molecule has 0 aliphatic heterocycles. The summed E-state index contributed by atoms with van der Waals surface area (Å²) in [4.78, 5) is 11.6. The highest BCUT2D eigenvalue weighted by Gasteiger charge is 2.03. The van der Waals surface area contributed by atoms with Gasteiger partial charge in [0.1, 0.15) is 0 Å². The topological polar surface area (TPSA) is 38.3 Å². The molecule has 0 unspecified atom stereocenters. The fourth-order valence-corrected chi connectivity index (χ4v) is 1.58. The van der Waals surface area contributed by atoms with Crippen molar-refractivity contribution in [2.45, 2.75) is 13.3 Å². The lowest BCUT2D eigenvalue weighted by molar-refractivity contribution is 0.0944. The molecule has 0 aromatic heterocycles. The van der Waals surface area contributed by atoms with E-state index < -0.39 is 0 Å². The zero-order valence-corrected chi connectivity index (χ0v) is 11.5. The Hall–Kier alpha value is -0.620. The van der Waals surface area contributed by atoms with Crippen LogP contribution in [0.2, 0.25) is 0 Å².